The molecule has 18 heavy (non-hydrogen) atoms. The predicted molar refractivity (Wildman–Crippen MR) is 53.9 cm³/mol. The lowest BCUT2D eigenvalue weighted by atomic mass is 10.2. The Balaban J connectivity index is 2.53. The minimum Gasteiger partial charge on any atom is -0.298 e. The fourth-order valence-corrected chi connectivity index (χ4v) is 1.44. The van der Waals surface area contributed by atoms with E-state index in [-0.39, 0.29) is 17.5 Å². The van der Waals surface area contributed by atoms with Crippen LogP contribution in [-0.2, 0) is 6.18 Å². The van der Waals surface area contributed by atoms with Crippen molar-refractivity contribution in [2.45, 2.75) is 6.18 Å². The van der Waals surface area contributed by atoms with Crippen molar-refractivity contribution in [3.63, 3.8) is 0 Å². The number of aldehydes is 1. The van der Waals surface area contributed by atoms with Crippen LogP contribution in [0.25, 0.3) is 5.69 Å². The largest absolute Gasteiger partial charge is 0.419 e. The first-order valence-electron chi connectivity index (χ1n) is 4.79. The molecular formula is C11H6F4N2O. The van der Waals surface area contributed by atoms with Crippen LogP contribution >= 0.6 is 0 Å². The van der Waals surface area contributed by atoms with Crippen LogP contribution in [0.2, 0.25) is 0 Å². The van der Waals surface area contributed by atoms with Crippen molar-refractivity contribution in [3.05, 3.63) is 47.5 Å². The maximum absolute atomic E-state index is 13.3. The number of nitrogens with zero attached hydrogens (tertiary/aromatic N) is 2. The molecule has 0 aliphatic rings. The van der Waals surface area contributed by atoms with Gasteiger partial charge in [-0.1, -0.05) is 6.07 Å². The van der Waals surface area contributed by atoms with Crippen LogP contribution in [0, 0.1) is 5.82 Å². The number of carbonyl (C=O) groups excluding carboxylic acids is 1. The molecular weight excluding hydrogens is 252 g/mol. The molecule has 3 nitrogen and oxygen atoms in total. The third-order valence-electron chi connectivity index (χ3n) is 2.30. The van der Waals surface area contributed by atoms with Gasteiger partial charge in [0.1, 0.15) is 5.82 Å². The molecule has 0 saturated carbocycles. The van der Waals surface area contributed by atoms with E-state index in [0.717, 1.165) is 10.7 Å². The van der Waals surface area contributed by atoms with Gasteiger partial charge in [0.15, 0.2) is 6.29 Å². The Morgan fingerprint density at radius 1 is 1.28 bits per heavy atom. The zero-order valence-corrected chi connectivity index (χ0v) is 8.78. The van der Waals surface area contributed by atoms with Gasteiger partial charge in [0.05, 0.1) is 23.0 Å². The Kier molecular flexibility index (Phi) is 2.90. The Labute approximate surface area is 98.6 Å². The highest BCUT2D eigenvalue weighted by Gasteiger charge is 2.32. The minimum atomic E-state index is -4.53. The van der Waals surface area contributed by atoms with E-state index in [2.05, 4.69) is 5.10 Å². The number of hydrogen-bond acceptors (Lipinski definition) is 2. The number of carbonyl (C=O) groups is 1. The van der Waals surface area contributed by atoms with Gasteiger partial charge in [-0.25, -0.2) is 9.07 Å². The second-order valence-electron chi connectivity index (χ2n) is 3.46. The average molecular weight is 258 g/mol. The molecule has 0 amide bonds. The molecule has 7 heteroatoms. The summed E-state index contributed by atoms with van der Waals surface area (Å²) in [6.07, 6.45) is -2.99. The van der Waals surface area contributed by atoms with Crippen LogP contribution in [-0.4, -0.2) is 16.1 Å². The fraction of sp³-hybridized carbons (Fsp3) is 0.0909. The lowest BCUT2D eigenvalue weighted by Gasteiger charge is -2.05. The van der Waals surface area contributed by atoms with E-state index in [9.17, 15) is 22.4 Å². The SMILES string of the molecule is O=Cc1c(F)cccc1-n1cc(C(F)(F)F)cn1. The van der Waals surface area contributed by atoms with Crippen molar-refractivity contribution in [1.29, 1.82) is 0 Å². The number of aromatic nitrogens is 2. The third-order valence-corrected chi connectivity index (χ3v) is 2.30. The summed E-state index contributed by atoms with van der Waals surface area (Å²) in [5, 5.41) is 3.47. The summed E-state index contributed by atoms with van der Waals surface area (Å²) in [4.78, 5) is 10.7. The summed E-state index contributed by atoms with van der Waals surface area (Å²) in [5.41, 5.74) is -1.35. The summed E-state index contributed by atoms with van der Waals surface area (Å²) in [5.74, 6) is -0.813. The normalized spacial score (nSPS) is 11.6. The summed E-state index contributed by atoms with van der Waals surface area (Å²) in [6.45, 7) is 0. The van der Waals surface area contributed by atoms with Gasteiger partial charge in [-0.05, 0) is 12.1 Å². The van der Waals surface area contributed by atoms with Gasteiger partial charge in [0.25, 0.3) is 0 Å². The standard InChI is InChI=1S/C11H6F4N2O/c12-9-2-1-3-10(8(9)6-18)17-5-7(4-16-17)11(13,14)15/h1-6H. The highest BCUT2D eigenvalue weighted by Crippen LogP contribution is 2.29. The summed E-state index contributed by atoms with van der Waals surface area (Å²) in [7, 11) is 0. The number of hydrogen-bond donors (Lipinski definition) is 0. The zero-order valence-electron chi connectivity index (χ0n) is 8.78. The topological polar surface area (TPSA) is 34.9 Å². The lowest BCUT2D eigenvalue weighted by molar-refractivity contribution is -0.137. The molecule has 0 aliphatic heterocycles. The molecule has 1 aromatic carbocycles. The van der Waals surface area contributed by atoms with Crippen molar-refractivity contribution >= 4 is 6.29 Å². The quantitative estimate of drug-likeness (QED) is 0.613. The summed E-state index contributed by atoms with van der Waals surface area (Å²) in [6, 6.07) is 3.63. The van der Waals surface area contributed by atoms with Crippen molar-refractivity contribution in [2.75, 3.05) is 0 Å². The fourth-order valence-electron chi connectivity index (χ4n) is 1.44. The first-order valence-corrected chi connectivity index (χ1v) is 4.79. The van der Waals surface area contributed by atoms with Gasteiger partial charge in [-0.2, -0.15) is 18.3 Å². The van der Waals surface area contributed by atoms with Crippen LogP contribution in [0.15, 0.2) is 30.6 Å². The highest BCUT2D eigenvalue weighted by molar-refractivity contribution is 5.81. The van der Waals surface area contributed by atoms with Crippen LogP contribution in [0.1, 0.15) is 15.9 Å². The average Bonchev–Trinajstić information content (AvgIpc) is 2.77. The van der Waals surface area contributed by atoms with Crippen LogP contribution < -0.4 is 0 Å². The van der Waals surface area contributed by atoms with Crippen LogP contribution in [0.4, 0.5) is 17.6 Å². The van der Waals surface area contributed by atoms with Crippen molar-refractivity contribution in [1.82, 2.24) is 9.78 Å². The van der Waals surface area contributed by atoms with Gasteiger partial charge >= 0.3 is 6.18 Å². The van der Waals surface area contributed by atoms with E-state index in [1.54, 1.807) is 0 Å². The second-order valence-corrected chi connectivity index (χ2v) is 3.46. The Morgan fingerprint density at radius 3 is 2.56 bits per heavy atom. The van der Waals surface area contributed by atoms with Crippen molar-refractivity contribution in [2.24, 2.45) is 0 Å². The molecule has 2 aromatic rings. The molecule has 0 aliphatic carbocycles. The van der Waals surface area contributed by atoms with E-state index in [1.165, 1.54) is 12.1 Å². The molecule has 0 spiro atoms. The zero-order chi connectivity index (χ0) is 13.3. The number of benzene rings is 1. The van der Waals surface area contributed by atoms with Gasteiger partial charge in [0, 0.05) is 6.20 Å². The predicted octanol–water partition coefficient (Wildman–Crippen LogP) is 2.84. The molecule has 0 N–H and O–H groups in total. The minimum absolute atomic E-state index is 0.0412. The van der Waals surface area contributed by atoms with Gasteiger partial charge in [-0.15, -0.1) is 0 Å². The number of rotatable bonds is 2. The van der Waals surface area contributed by atoms with E-state index in [4.69, 9.17) is 0 Å². The van der Waals surface area contributed by atoms with E-state index >= 15 is 0 Å². The lowest BCUT2D eigenvalue weighted by Crippen LogP contribution is -2.04. The molecule has 0 atom stereocenters. The molecule has 1 heterocycles. The molecule has 1 aromatic heterocycles. The number of alkyl halides is 3. The Morgan fingerprint density at radius 2 is 2.00 bits per heavy atom. The van der Waals surface area contributed by atoms with E-state index < -0.39 is 17.6 Å². The van der Waals surface area contributed by atoms with Crippen molar-refractivity contribution < 1.29 is 22.4 Å². The first kappa shape index (κ1) is 12.3. The molecule has 0 saturated heterocycles. The summed E-state index contributed by atoms with van der Waals surface area (Å²) < 4.78 is 51.2. The van der Waals surface area contributed by atoms with E-state index in [1.807, 2.05) is 0 Å². The molecule has 0 fully saturated rings. The Bertz CT molecular complexity index is 589. The maximum atomic E-state index is 13.3. The van der Waals surface area contributed by atoms with Crippen molar-refractivity contribution in [3.8, 4) is 5.69 Å². The van der Waals surface area contributed by atoms with Gasteiger partial charge in [0.2, 0.25) is 0 Å². The molecule has 0 radical (unpaired) electrons. The highest BCUT2D eigenvalue weighted by atomic mass is 19.4. The van der Waals surface area contributed by atoms with Gasteiger partial charge < -0.3 is 0 Å². The third kappa shape index (κ3) is 2.11. The maximum Gasteiger partial charge on any atom is 0.419 e. The molecule has 94 valence electrons. The Hall–Kier alpha value is -2.18. The second kappa shape index (κ2) is 4.25. The molecule has 0 bridgehead atoms. The number of halogens is 4. The van der Waals surface area contributed by atoms with Gasteiger partial charge in [-0.3, -0.25) is 4.79 Å². The molecule has 2 rings (SSSR count). The van der Waals surface area contributed by atoms with Crippen LogP contribution in [0.3, 0.4) is 0 Å². The molecule has 0 unspecified atom stereocenters. The smallest absolute Gasteiger partial charge is 0.298 e. The van der Waals surface area contributed by atoms with Crippen LogP contribution in [0.5, 0.6) is 0 Å². The van der Waals surface area contributed by atoms with E-state index in [0.29, 0.717) is 12.4 Å². The summed E-state index contributed by atoms with van der Waals surface area (Å²) >= 11 is 0. The first-order chi connectivity index (χ1) is 8.43. The monoisotopic (exact) mass is 258 g/mol.